The summed E-state index contributed by atoms with van der Waals surface area (Å²) in [5.41, 5.74) is 5.63. The SMILES string of the molecule is CC[C@H](C)[C@H](N)C(=O)Nc1ccc(F)cc1F. The molecule has 94 valence electrons. The van der Waals surface area contributed by atoms with E-state index < -0.39 is 23.6 Å². The lowest BCUT2D eigenvalue weighted by Crippen LogP contribution is -2.40. The van der Waals surface area contributed by atoms with Crippen LogP contribution in [0.25, 0.3) is 0 Å². The van der Waals surface area contributed by atoms with Gasteiger partial charge in [0.15, 0.2) is 0 Å². The molecule has 1 aromatic rings. The van der Waals surface area contributed by atoms with Crippen molar-refractivity contribution in [3.8, 4) is 0 Å². The smallest absolute Gasteiger partial charge is 0.241 e. The molecule has 0 spiro atoms. The number of amides is 1. The minimum Gasteiger partial charge on any atom is -0.322 e. The van der Waals surface area contributed by atoms with E-state index in [1.54, 1.807) is 0 Å². The zero-order chi connectivity index (χ0) is 13.0. The number of nitrogens with two attached hydrogens (primary N) is 1. The predicted molar refractivity (Wildman–Crippen MR) is 62.4 cm³/mol. The molecule has 17 heavy (non-hydrogen) atoms. The Hall–Kier alpha value is -1.49. The minimum atomic E-state index is -0.810. The minimum absolute atomic E-state index is 0.00138. The molecule has 0 aliphatic heterocycles. The lowest BCUT2D eigenvalue weighted by Gasteiger charge is -2.17. The van der Waals surface area contributed by atoms with E-state index in [0.29, 0.717) is 6.07 Å². The zero-order valence-corrected chi connectivity index (χ0v) is 9.84. The molecular weight excluding hydrogens is 226 g/mol. The highest BCUT2D eigenvalue weighted by Gasteiger charge is 2.20. The zero-order valence-electron chi connectivity index (χ0n) is 9.84. The largest absolute Gasteiger partial charge is 0.322 e. The number of hydrogen-bond donors (Lipinski definition) is 2. The molecule has 0 saturated carbocycles. The van der Waals surface area contributed by atoms with Gasteiger partial charge in [-0.3, -0.25) is 4.79 Å². The molecule has 3 nitrogen and oxygen atoms in total. The van der Waals surface area contributed by atoms with Gasteiger partial charge in [0.25, 0.3) is 0 Å². The summed E-state index contributed by atoms with van der Waals surface area (Å²) in [6.07, 6.45) is 0.750. The fourth-order valence-corrected chi connectivity index (χ4v) is 1.32. The van der Waals surface area contributed by atoms with Crippen LogP contribution in [0.5, 0.6) is 0 Å². The predicted octanol–water partition coefficient (Wildman–Crippen LogP) is 2.28. The number of anilines is 1. The second kappa shape index (κ2) is 5.72. The fraction of sp³-hybridized carbons (Fsp3) is 0.417. The summed E-state index contributed by atoms with van der Waals surface area (Å²) < 4.78 is 25.9. The Bertz CT molecular complexity index is 409. The number of benzene rings is 1. The van der Waals surface area contributed by atoms with Gasteiger partial charge in [0, 0.05) is 6.07 Å². The molecule has 0 aliphatic rings. The monoisotopic (exact) mass is 242 g/mol. The third-order valence-electron chi connectivity index (χ3n) is 2.75. The van der Waals surface area contributed by atoms with Crippen LogP contribution in [0.1, 0.15) is 20.3 Å². The molecule has 0 saturated heterocycles. The van der Waals surface area contributed by atoms with Crippen LogP contribution in [0, 0.1) is 17.6 Å². The average Bonchev–Trinajstić information content (AvgIpc) is 2.30. The van der Waals surface area contributed by atoms with E-state index >= 15 is 0 Å². The Kier molecular flexibility index (Phi) is 4.57. The molecule has 0 aromatic heterocycles. The van der Waals surface area contributed by atoms with E-state index in [2.05, 4.69) is 5.32 Å². The number of carbonyl (C=O) groups is 1. The van der Waals surface area contributed by atoms with E-state index in [-0.39, 0.29) is 11.6 Å². The Balaban J connectivity index is 2.74. The molecule has 5 heteroatoms. The van der Waals surface area contributed by atoms with E-state index in [4.69, 9.17) is 5.73 Å². The van der Waals surface area contributed by atoms with Crippen molar-refractivity contribution in [1.29, 1.82) is 0 Å². The first-order valence-electron chi connectivity index (χ1n) is 5.47. The van der Waals surface area contributed by atoms with Gasteiger partial charge in [-0.1, -0.05) is 20.3 Å². The van der Waals surface area contributed by atoms with E-state index in [1.807, 2.05) is 13.8 Å². The number of halogens is 2. The summed E-state index contributed by atoms with van der Waals surface area (Å²) in [5, 5.41) is 2.35. The second-order valence-electron chi connectivity index (χ2n) is 4.02. The lowest BCUT2D eigenvalue weighted by molar-refractivity contribution is -0.118. The first-order valence-corrected chi connectivity index (χ1v) is 5.47. The van der Waals surface area contributed by atoms with Crippen LogP contribution in [0.3, 0.4) is 0 Å². The highest BCUT2D eigenvalue weighted by molar-refractivity contribution is 5.94. The number of rotatable bonds is 4. The molecular formula is C12H16F2N2O. The van der Waals surface area contributed by atoms with Crippen molar-refractivity contribution in [2.24, 2.45) is 11.7 Å². The number of hydrogen-bond acceptors (Lipinski definition) is 2. The average molecular weight is 242 g/mol. The van der Waals surface area contributed by atoms with Crippen molar-refractivity contribution < 1.29 is 13.6 Å². The molecule has 0 radical (unpaired) electrons. The highest BCUT2D eigenvalue weighted by atomic mass is 19.1. The van der Waals surface area contributed by atoms with Crippen molar-refractivity contribution in [3.63, 3.8) is 0 Å². The van der Waals surface area contributed by atoms with Gasteiger partial charge < -0.3 is 11.1 Å². The van der Waals surface area contributed by atoms with Crippen LogP contribution in [-0.4, -0.2) is 11.9 Å². The van der Waals surface area contributed by atoms with Gasteiger partial charge in [-0.05, 0) is 18.1 Å². The Morgan fingerprint density at radius 2 is 2.12 bits per heavy atom. The van der Waals surface area contributed by atoms with Crippen LogP contribution >= 0.6 is 0 Å². The second-order valence-corrected chi connectivity index (χ2v) is 4.02. The van der Waals surface area contributed by atoms with Crippen LogP contribution in [0.4, 0.5) is 14.5 Å². The third-order valence-corrected chi connectivity index (χ3v) is 2.75. The first-order chi connectivity index (χ1) is 7.95. The maximum absolute atomic E-state index is 13.3. The van der Waals surface area contributed by atoms with Crippen molar-refractivity contribution in [2.75, 3.05) is 5.32 Å². The van der Waals surface area contributed by atoms with E-state index in [1.165, 1.54) is 6.07 Å². The third kappa shape index (κ3) is 3.49. The Morgan fingerprint density at radius 3 is 2.65 bits per heavy atom. The molecule has 1 rings (SSSR count). The quantitative estimate of drug-likeness (QED) is 0.851. The van der Waals surface area contributed by atoms with E-state index in [9.17, 15) is 13.6 Å². The molecule has 0 aliphatic carbocycles. The van der Waals surface area contributed by atoms with Gasteiger partial charge in [0.1, 0.15) is 11.6 Å². The topological polar surface area (TPSA) is 55.1 Å². The van der Waals surface area contributed by atoms with Crippen LogP contribution < -0.4 is 11.1 Å². The maximum Gasteiger partial charge on any atom is 0.241 e. The summed E-state index contributed by atoms with van der Waals surface area (Å²) in [6, 6.07) is 2.26. The van der Waals surface area contributed by atoms with Gasteiger partial charge in [-0.25, -0.2) is 8.78 Å². The molecule has 0 fully saturated rings. The maximum atomic E-state index is 13.3. The van der Waals surface area contributed by atoms with Crippen molar-refractivity contribution in [3.05, 3.63) is 29.8 Å². The normalized spacial score (nSPS) is 14.2. The first kappa shape index (κ1) is 13.6. The van der Waals surface area contributed by atoms with E-state index in [0.717, 1.165) is 12.5 Å². The molecule has 0 bridgehead atoms. The molecule has 1 aromatic carbocycles. The fourth-order valence-electron chi connectivity index (χ4n) is 1.32. The van der Waals surface area contributed by atoms with Crippen molar-refractivity contribution >= 4 is 11.6 Å². The number of carbonyl (C=O) groups excluding carboxylic acids is 1. The van der Waals surface area contributed by atoms with Gasteiger partial charge in [0.05, 0.1) is 11.7 Å². The lowest BCUT2D eigenvalue weighted by atomic mass is 9.99. The van der Waals surface area contributed by atoms with Gasteiger partial charge in [0.2, 0.25) is 5.91 Å². The van der Waals surface area contributed by atoms with Gasteiger partial charge in [-0.15, -0.1) is 0 Å². The summed E-state index contributed by atoms with van der Waals surface area (Å²) in [7, 11) is 0. The molecule has 0 heterocycles. The standard InChI is InChI=1S/C12H16F2N2O/c1-3-7(2)11(15)12(17)16-10-5-4-8(13)6-9(10)14/h4-7,11H,3,15H2,1-2H3,(H,16,17)/t7-,11-/m0/s1. The van der Waals surface area contributed by atoms with Gasteiger partial charge >= 0.3 is 0 Å². The van der Waals surface area contributed by atoms with Gasteiger partial charge in [-0.2, -0.15) is 0 Å². The van der Waals surface area contributed by atoms with Crippen molar-refractivity contribution in [2.45, 2.75) is 26.3 Å². The molecule has 0 unspecified atom stereocenters. The summed E-state index contributed by atoms with van der Waals surface area (Å²) in [5.74, 6) is -1.97. The molecule has 2 atom stereocenters. The van der Waals surface area contributed by atoms with Crippen LogP contribution in [0.2, 0.25) is 0 Å². The summed E-state index contributed by atoms with van der Waals surface area (Å²) in [4.78, 5) is 11.7. The molecule has 1 amide bonds. The molecule has 3 N–H and O–H groups in total. The number of nitrogens with one attached hydrogen (secondary N) is 1. The highest BCUT2D eigenvalue weighted by Crippen LogP contribution is 2.16. The Morgan fingerprint density at radius 1 is 1.47 bits per heavy atom. The van der Waals surface area contributed by atoms with Crippen LogP contribution in [0.15, 0.2) is 18.2 Å². The van der Waals surface area contributed by atoms with Crippen molar-refractivity contribution in [1.82, 2.24) is 0 Å². The summed E-state index contributed by atoms with van der Waals surface area (Å²) >= 11 is 0. The van der Waals surface area contributed by atoms with Crippen LogP contribution in [-0.2, 0) is 4.79 Å². The Labute approximate surface area is 99.0 Å². The summed E-state index contributed by atoms with van der Waals surface area (Å²) in [6.45, 7) is 3.75.